The van der Waals surface area contributed by atoms with Crippen molar-refractivity contribution in [2.45, 2.75) is 13.5 Å². The quantitative estimate of drug-likeness (QED) is 0.884. The van der Waals surface area contributed by atoms with Crippen molar-refractivity contribution in [1.82, 2.24) is 10.1 Å². The maximum absolute atomic E-state index is 10.7. The van der Waals surface area contributed by atoms with Crippen molar-refractivity contribution in [3.8, 4) is 0 Å². The highest BCUT2D eigenvalue weighted by Gasteiger charge is 2.08. The molecule has 7 heteroatoms. The summed E-state index contributed by atoms with van der Waals surface area (Å²) in [6.07, 6.45) is 0. The maximum atomic E-state index is 10.7. The van der Waals surface area contributed by atoms with E-state index in [1.165, 1.54) is 12.1 Å². The Morgan fingerprint density at radius 2 is 2.33 bits per heavy atom. The molecule has 0 radical (unpaired) electrons. The molecular weight excluding hydrogens is 258 g/mol. The number of hydrogen-bond donors (Lipinski definition) is 2. The van der Waals surface area contributed by atoms with Gasteiger partial charge < -0.3 is 14.9 Å². The SMILES string of the molecule is Cc1noc(CNc2ccc(C(=O)O)cc2Cl)n1. The Kier molecular flexibility index (Phi) is 3.47. The van der Waals surface area contributed by atoms with E-state index in [1.54, 1.807) is 13.0 Å². The van der Waals surface area contributed by atoms with E-state index in [2.05, 4.69) is 15.5 Å². The predicted octanol–water partition coefficient (Wildman–Crippen LogP) is 2.34. The van der Waals surface area contributed by atoms with Crippen LogP contribution in [0.4, 0.5) is 5.69 Å². The van der Waals surface area contributed by atoms with Crippen molar-refractivity contribution < 1.29 is 14.4 Å². The molecule has 1 aromatic carbocycles. The first-order valence-electron chi connectivity index (χ1n) is 5.12. The van der Waals surface area contributed by atoms with Crippen LogP contribution in [0.15, 0.2) is 22.7 Å². The lowest BCUT2D eigenvalue weighted by Gasteiger charge is -2.06. The normalized spacial score (nSPS) is 10.3. The van der Waals surface area contributed by atoms with Gasteiger partial charge >= 0.3 is 5.97 Å². The smallest absolute Gasteiger partial charge is 0.335 e. The molecule has 6 nitrogen and oxygen atoms in total. The second kappa shape index (κ2) is 5.05. The molecule has 0 amide bonds. The molecule has 18 heavy (non-hydrogen) atoms. The number of carbonyl (C=O) groups is 1. The van der Waals surface area contributed by atoms with E-state index in [-0.39, 0.29) is 5.56 Å². The first-order chi connectivity index (χ1) is 8.56. The zero-order chi connectivity index (χ0) is 13.1. The summed E-state index contributed by atoms with van der Waals surface area (Å²) in [5.74, 6) is -0.0269. The fraction of sp³-hybridized carbons (Fsp3) is 0.182. The summed E-state index contributed by atoms with van der Waals surface area (Å²) in [6.45, 7) is 2.05. The summed E-state index contributed by atoms with van der Waals surface area (Å²) in [7, 11) is 0. The van der Waals surface area contributed by atoms with Gasteiger partial charge in [0.1, 0.15) is 0 Å². The highest BCUT2D eigenvalue weighted by Crippen LogP contribution is 2.23. The van der Waals surface area contributed by atoms with Crippen molar-refractivity contribution in [2.24, 2.45) is 0 Å². The van der Waals surface area contributed by atoms with Crippen LogP contribution in [0.5, 0.6) is 0 Å². The van der Waals surface area contributed by atoms with Crippen LogP contribution in [-0.4, -0.2) is 21.2 Å². The predicted molar refractivity (Wildman–Crippen MR) is 64.8 cm³/mol. The molecule has 0 fully saturated rings. The Bertz CT molecular complexity index is 583. The molecule has 94 valence electrons. The molecule has 0 saturated carbocycles. The summed E-state index contributed by atoms with van der Waals surface area (Å²) < 4.78 is 4.93. The molecule has 0 aliphatic rings. The van der Waals surface area contributed by atoms with E-state index < -0.39 is 5.97 Å². The maximum Gasteiger partial charge on any atom is 0.335 e. The molecule has 0 saturated heterocycles. The minimum Gasteiger partial charge on any atom is -0.478 e. The molecule has 0 aliphatic carbocycles. The van der Waals surface area contributed by atoms with Gasteiger partial charge in [0.05, 0.1) is 22.8 Å². The highest BCUT2D eigenvalue weighted by molar-refractivity contribution is 6.33. The molecule has 2 aromatic rings. The van der Waals surface area contributed by atoms with Crippen molar-refractivity contribution in [3.05, 3.63) is 40.5 Å². The van der Waals surface area contributed by atoms with Crippen molar-refractivity contribution in [1.29, 1.82) is 0 Å². The average Bonchev–Trinajstić information content (AvgIpc) is 2.73. The Morgan fingerprint density at radius 1 is 1.56 bits per heavy atom. The lowest BCUT2D eigenvalue weighted by atomic mass is 10.2. The number of rotatable bonds is 4. The highest BCUT2D eigenvalue weighted by atomic mass is 35.5. The van der Waals surface area contributed by atoms with Crippen LogP contribution >= 0.6 is 11.6 Å². The van der Waals surface area contributed by atoms with Gasteiger partial charge in [0.25, 0.3) is 0 Å². The number of aromatic nitrogens is 2. The Balaban J connectivity index is 2.08. The van der Waals surface area contributed by atoms with Gasteiger partial charge in [0.15, 0.2) is 5.82 Å². The number of benzene rings is 1. The Morgan fingerprint density at radius 3 is 2.89 bits per heavy atom. The van der Waals surface area contributed by atoms with E-state index in [0.29, 0.717) is 29.0 Å². The van der Waals surface area contributed by atoms with Crippen LogP contribution in [-0.2, 0) is 6.54 Å². The number of aromatic carboxylic acids is 1. The molecule has 0 bridgehead atoms. The third-order valence-corrected chi connectivity index (χ3v) is 2.53. The van der Waals surface area contributed by atoms with E-state index in [4.69, 9.17) is 21.2 Å². The molecule has 0 atom stereocenters. The summed E-state index contributed by atoms with van der Waals surface area (Å²) in [6, 6.07) is 4.44. The third-order valence-electron chi connectivity index (χ3n) is 2.22. The van der Waals surface area contributed by atoms with Crippen molar-refractivity contribution >= 4 is 23.3 Å². The van der Waals surface area contributed by atoms with Crippen molar-refractivity contribution in [3.63, 3.8) is 0 Å². The van der Waals surface area contributed by atoms with Crippen LogP contribution in [0.25, 0.3) is 0 Å². The van der Waals surface area contributed by atoms with Gasteiger partial charge in [-0.3, -0.25) is 0 Å². The largest absolute Gasteiger partial charge is 0.478 e. The van der Waals surface area contributed by atoms with Gasteiger partial charge in [-0.25, -0.2) is 4.79 Å². The number of hydrogen-bond acceptors (Lipinski definition) is 5. The number of nitrogens with one attached hydrogen (secondary N) is 1. The molecule has 1 aromatic heterocycles. The molecule has 0 aliphatic heterocycles. The minimum atomic E-state index is -1.02. The second-order valence-electron chi connectivity index (χ2n) is 3.59. The first kappa shape index (κ1) is 12.4. The van der Waals surface area contributed by atoms with Gasteiger partial charge in [-0.2, -0.15) is 4.98 Å². The molecule has 2 N–H and O–H groups in total. The van der Waals surface area contributed by atoms with Crippen LogP contribution in [0.3, 0.4) is 0 Å². The summed E-state index contributed by atoms with van der Waals surface area (Å²) in [5.41, 5.74) is 0.747. The van der Waals surface area contributed by atoms with E-state index >= 15 is 0 Å². The number of carboxylic acid groups (broad SMARTS) is 1. The van der Waals surface area contributed by atoms with Crippen LogP contribution in [0, 0.1) is 6.92 Å². The lowest BCUT2D eigenvalue weighted by Crippen LogP contribution is -2.02. The van der Waals surface area contributed by atoms with E-state index in [0.717, 1.165) is 0 Å². The standard InChI is InChI=1S/C11H10ClN3O3/c1-6-14-10(18-15-6)5-13-9-3-2-7(11(16)17)4-8(9)12/h2-4,13H,5H2,1H3,(H,16,17). The number of nitrogens with zero attached hydrogens (tertiary/aromatic N) is 2. The molecule has 2 rings (SSSR count). The van der Waals surface area contributed by atoms with Gasteiger partial charge in [-0.1, -0.05) is 16.8 Å². The summed E-state index contributed by atoms with van der Waals surface area (Å²) in [5, 5.41) is 15.8. The lowest BCUT2D eigenvalue weighted by molar-refractivity contribution is 0.0697. The average molecular weight is 268 g/mol. The monoisotopic (exact) mass is 267 g/mol. The molecule has 0 spiro atoms. The fourth-order valence-corrected chi connectivity index (χ4v) is 1.62. The van der Waals surface area contributed by atoms with Gasteiger partial charge in [-0.05, 0) is 25.1 Å². The Hall–Kier alpha value is -2.08. The zero-order valence-corrected chi connectivity index (χ0v) is 10.2. The topological polar surface area (TPSA) is 88.2 Å². The molecule has 0 unspecified atom stereocenters. The number of anilines is 1. The summed E-state index contributed by atoms with van der Waals surface area (Å²) >= 11 is 5.95. The van der Waals surface area contributed by atoms with E-state index in [1.807, 2.05) is 0 Å². The molecular formula is C11H10ClN3O3. The van der Waals surface area contributed by atoms with Gasteiger partial charge in [0.2, 0.25) is 5.89 Å². The van der Waals surface area contributed by atoms with Crippen LogP contribution in [0.1, 0.15) is 22.1 Å². The number of aryl methyl sites for hydroxylation is 1. The van der Waals surface area contributed by atoms with E-state index in [9.17, 15) is 4.79 Å². The second-order valence-corrected chi connectivity index (χ2v) is 4.00. The number of halogens is 1. The Labute approximate surface area is 108 Å². The summed E-state index contributed by atoms with van der Waals surface area (Å²) in [4.78, 5) is 14.8. The van der Waals surface area contributed by atoms with Crippen LogP contribution in [0.2, 0.25) is 5.02 Å². The van der Waals surface area contributed by atoms with Crippen LogP contribution < -0.4 is 5.32 Å². The zero-order valence-electron chi connectivity index (χ0n) is 9.48. The molecule has 1 heterocycles. The fourth-order valence-electron chi connectivity index (χ4n) is 1.37. The van der Waals surface area contributed by atoms with Gasteiger partial charge in [-0.15, -0.1) is 0 Å². The number of carboxylic acids is 1. The van der Waals surface area contributed by atoms with Gasteiger partial charge in [0, 0.05) is 0 Å². The minimum absolute atomic E-state index is 0.138. The van der Waals surface area contributed by atoms with Crippen molar-refractivity contribution in [2.75, 3.05) is 5.32 Å². The first-order valence-corrected chi connectivity index (χ1v) is 5.50. The third kappa shape index (κ3) is 2.78.